The molecule has 1 aromatic heterocycles. The van der Waals surface area contributed by atoms with E-state index in [9.17, 15) is 9.90 Å². The molecular formula is C17H24ClN3O2. The van der Waals surface area contributed by atoms with Crippen LogP contribution in [0.5, 0.6) is 0 Å². The van der Waals surface area contributed by atoms with Crippen LogP contribution in [0.3, 0.4) is 0 Å². The minimum Gasteiger partial charge on any atom is -0.480 e. The van der Waals surface area contributed by atoms with Gasteiger partial charge in [0.05, 0.1) is 5.02 Å². The minimum atomic E-state index is -0.675. The number of likely N-dealkylation sites (tertiary alicyclic amines) is 1. The number of piperidine rings is 1. The van der Waals surface area contributed by atoms with Gasteiger partial charge < -0.3 is 10.0 Å². The largest absolute Gasteiger partial charge is 0.480 e. The van der Waals surface area contributed by atoms with Crippen LogP contribution in [0, 0.1) is 5.41 Å². The van der Waals surface area contributed by atoms with E-state index < -0.39 is 5.97 Å². The summed E-state index contributed by atoms with van der Waals surface area (Å²) >= 11 is 6.25. The van der Waals surface area contributed by atoms with Gasteiger partial charge in [-0.15, -0.1) is 0 Å². The molecule has 0 saturated carbocycles. The van der Waals surface area contributed by atoms with Crippen LogP contribution in [-0.4, -0.2) is 53.2 Å². The molecule has 6 heteroatoms. The lowest BCUT2D eigenvalue weighted by atomic mass is 9.76. The van der Waals surface area contributed by atoms with Gasteiger partial charge in [0.25, 0.3) is 0 Å². The summed E-state index contributed by atoms with van der Waals surface area (Å²) in [5, 5.41) is 10.2. The van der Waals surface area contributed by atoms with Gasteiger partial charge in [0.15, 0.2) is 0 Å². The summed E-state index contributed by atoms with van der Waals surface area (Å²) < 4.78 is 0. The maximum atomic E-state index is 11.6. The van der Waals surface area contributed by atoms with Crippen molar-refractivity contribution in [3.05, 3.63) is 23.4 Å². The van der Waals surface area contributed by atoms with Crippen molar-refractivity contribution < 1.29 is 9.90 Å². The van der Waals surface area contributed by atoms with Crippen LogP contribution in [0.4, 0.5) is 5.82 Å². The SMILES string of the molecule is CCCN1CC2(CCN(c3ncccc3Cl)CC2)C[C@H]1C(=O)O. The summed E-state index contributed by atoms with van der Waals surface area (Å²) in [4.78, 5) is 20.3. The monoisotopic (exact) mass is 337 g/mol. The topological polar surface area (TPSA) is 56.7 Å². The van der Waals surface area contributed by atoms with Crippen molar-refractivity contribution in [3.63, 3.8) is 0 Å². The lowest BCUT2D eigenvalue weighted by Gasteiger charge is -2.40. The van der Waals surface area contributed by atoms with Gasteiger partial charge in [0.2, 0.25) is 0 Å². The smallest absolute Gasteiger partial charge is 0.320 e. The van der Waals surface area contributed by atoms with Crippen LogP contribution >= 0.6 is 11.6 Å². The fourth-order valence-electron chi connectivity index (χ4n) is 4.08. The molecule has 0 aromatic carbocycles. The molecule has 0 amide bonds. The van der Waals surface area contributed by atoms with Crippen molar-refractivity contribution in [2.75, 3.05) is 31.1 Å². The first-order valence-corrected chi connectivity index (χ1v) is 8.75. The molecule has 2 aliphatic heterocycles. The van der Waals surface area contributed by atoms with Crippen LogP contribution in [0.1, 0.15) is 32.6 Å². The lowest BCUT2D eigenvalue weighted by molar-refractivity contribution is -0.142. The van der Waals surface area contributed by atoms with Gasteiger partial charge in [-0.1, -0.05) is 18.5 Å². The molecule has 1 N–H and O–H groups in total. The van der Waals surface area contributed by atoms with E-state index in [0.717, 1.165) is 57.7 Å². The van der Waals surface area contributed by atoms with Gasteiger partial charge in [-0.05, 0) is 49.8 Å². The predicted octanol–water partition coefficient (Wildman–Crippen LogP) is 2.89. The second kappa shape index (κ2) is 6.65. The summed E-state index contributed by atoms with van der Waals surface area (Å²) in [6, 6.07) is 3.39. The summed E-state index contributed by atoms with van der Waals surface area (Å²) in [6.45, 7) is 5.66. The molecule has 0 bridgehead atoms. The van der Waals surface area contributed by atoms with Crippen molar-refractivity contribution in [1.29, 1.82) is 0 Å². The number of nitrogens with zero attached hydrogens (tertiary/aromatic N) is 3. The van der Waals surface area contributed by atoms with E-state index >= 15 is 0 Å². The average Bonchev–Trinajstić information content (AvgIpc) is 2.88. The molecule has 2 aliphatic rings. The highest BCUT2D eigenvalue weighted by Gasteiger charge is 2.47. The number of carboxylic acids is 1. The molecule has 0 unspecified atom stereocenters. The highest BCUT2D eigenvalue weighted by molar-refractivity contribution is 6.32. The number of carboxylic acid groups (broad SMARTS) is 1. The Morgan fingerprint density at radius 1 is 1.48 bits per heavy atom. The van der Waals surface area contributed by atoms with Gasteiger partial charge >= 0.3 is 5.97 Å². The molecule has 23 heavy (non-hydrogen) atoms. The Morgan fingerprint density at radius 2 is 2.22 bits per heavy atom. The van der Waals surface area contributed by atoms with Crippen LogP contribution in [-0.2, 0) is 4.79 Å². The number of pyridine rings is 1. The summed E-state index contributed by atoms with van der Waals surface area (Å²) in [6.07, 6.45) is 5.54. The van der Waals surface area contributed by atoms with Crippen molar-refractivity contribution in [2.24, 2.45) is 5.41 Å². The Bertz CT molecular complexity index is 573. The zero-order valence-corrected chi connectivity index (χ0v) is 14.3. The number of hydrogen-bond donors (Lipinski definition) is 1. The second-order valence-corrected chi connectivity index (χ2v) is 7.23. The third-order valence-corrected chi connectivity index (χ3v) is 5.56. The molecule has 5 nitrogen and oxygen atoms in total. The molecule has 1 atom stereocenters. The number of halogens is 1. The Hall–Kier alpha value is -1.33. The number of anilines is 1. The van der Waals surface area contributed by atoms with Crippen LogP contribution in [0.25, 0.3) is 0 Å². The molecule has 126 valence electrons. The minimum absolute atomic E-state index is 0.135. The molecule has 1 spiro atoms. The number of carbonyl (C=O) groups is 1. The Morgan fingerprint density at radius 3 is 2.83 bits per heavy atom. The Balaban J connectivity index is 1.68. The molecule has 3 rings (SSSR count). The number of rotatable bonds is 4. The molecule has 1 aromatic rings. The van der Waals surface area contributed by atoms with E-state index in [1.807, 2.05) is 12.1 Å². The van der Waals surface area contributed by atoms with Crippen molar-refractivity contribution in [3.8, 4) is 0 Å². The highest BCUT2D eigenvalue weighted by Crippen LogP contribution is 2.44. The van der Waals surface area contributed by atoms with E-state index in [4.69, 9.17) is 11.6 Å². The molecule has 2 fully saturated rings. The van der Waals surface area contributed by atoms with Crippen LogP contribution in [0.2, 0.25) is 5.02 Å². The Labute approximate surface area is 142 Å². The normalized spacial score (nSPS) is 24.3. The summed E-state index contributed by atoms with van der Waals surface area (Å²) in [5.74, 6) is 0.174. The average molecular weight is 338 g/mol. The quantitative estimate of drug-likeness (QED) is 0.915. The third kappa shape index (κ3) is 3.31. The summed E-state index contributed by atoms with van der Waals surface area (Å²) in [7, 11) is 0. The Kier molecular flexibility index (Phi) is 4.78. The molecule has 0 aliphatic carbocycles. The number of aromatic nitrogens is 1. The summed E-state index contributed by atoms with van der Waals surface area (Å²) in [5.41, 5.74) is 0.135. The van der Waals surface area contributed by atoms with Gasteiger partial charge in [0, 0.05) is 25.8 Å². The van der Waals surface area contributed by atoms with E-state index in [2.05, 4.69) is 21.7 Å². The first-order chi connectivity index (χ1) is 11.0. The maximum Gasteiger partial charge on any atom is 0.320 e. The van der Waals surface area contributed by atoms with Crippen molar-refractivity contribution in [2.45, 2.75) is 38.6 Å². The highest BCUT2D eigenvalue weighted by atomic mass is 35.5. The zero-order valence-electron chi connectivity index (χ0n) is 13.5. The van der Waals surface area contributed by atoms with Gasteiger partial charge in [-0.25, -0.2) is 4.98 Å². The molecule has 2 saturated heterocycles. The fraction of sp³-hybridized carbons (Fsp3) is 0.647. The first-order valence-electron chi connectivity index (χ1n) is 8.37. The number of aliphatic carboxylic acids is 1. The van der Waals surface area contributed by atoms with Crippen LogP contribution < -0.4 is 4.90 Å². The number of hydrogen-bond acceptors (Lipinski definition) is 4. The van der Waals surface area contributed by atoms with Crippen molar-refractivity contribution >= 4 is 23.4 Å². The van der Waals surface area contributed by atoms with E-state index in [0.29, 0.717) is 5.02 Å². The first kappa shape index (κ1) is 16.5. The lowest BCUT2D eigenvalue weighted by Crippen LogP contribution is -2.42. The van der Waals surface area contributed by atoms with E-state index in [1.54, 1.807) is 6.20 Å². The van der Waals surface area contributed by atoms with Gasteiger partial charge in [0.1, 0.15) is 11.9 Å². The molecule has 0 radical (unpaired) electrons. The van der Waals surface area contributed by atoms with Crippen molar-refractivity contribution in [1.82, 2.24) is 9.88 Å². The van der Waals surface area contributed by atoms with E-state index in [1.165, 1.54) is 0 Å². The van der Waals surface area contributed by atoms with E-state index in [-0.39, 0.29) is 11.5 Å². The second-order valence-electron chi connectivity index (χ2n) is 6.82. The van der Waals surface area contributed by atoms with Gasteiger partial charge in [-0.3, -0.25) is 9.69 Å². The third-order valence-electron chi connectivity index (χ3n) is 5.26. The maximum absolute atomic E-state index is 11.6. The molecular weight excluding hydrogens is 314 g/mol. The fourth-order valence-corrected chi connectivity index (χ4v) is 4.32. The zero-order chi connectivity index (χ0) is 16.4. The standard InChI is InChI=1S/C17H24ClN3O2/c1-2-8-21-12-17(11-14(21)16(22)23)5-9-20(10-6-17)15-13(18)4-3-7-19-15/h3-4,7,14H,2,5-6,8-12H2,1H3,(H,22,23)/t14-/m0/s1. The predicted molar refractivity (Wildman–Crippen MR) is 91.0 cm³/mol. The molecule has 3 heterocycles. The van der Waals surface area contributed by atoms with Crippen LogP contribution in [0.15, 0.2) is 18.3 Å². The van der Waals surface area contributed by atoms with Gasteiger partial charge in [-0.2, -0.15) is 0 Å².